The molecule has 3 aromatic rings. The molecule has 4 rings (SSSR count). The number of alkyl halides is 3. The number of carbonyl (C=O) groups is 1. The van der Waals surface area contributed by atoms with Gasteiger partial charge in [-0.3, -0.25) is 4.79 Å². The summed E-state index contributed by atoms with van der Waals surface area (Å²) in [7, 11) is 0. The van der Waals surface area contributed by atoms with Crippen molar-refractivity contribution in [3.63, 3.8) is 0 Å². The van der Waals surface area contributed by atoms with Gasteiger partial charge < -0.3 is 26.7 Å². The number of anilines is 2. The zero-order valence-electron chi connectivity index (χ0n) is 18.7. The van der Waals surface area contributed by atoms with Crippen molar-refractivity contribution in [1.29, 1.82) is 0 Å². The summed E-state index contributed by atoms with van der Waals surface area (Å²) in [4.78, 5) is 29.5. The van der Waals surface area contributed by atoms with Gasteiger partial charge in [0, 0.05) is 43.0 Å². The molecule has 0 aromatic carbocycles. The predicted molar refractivity (Wildman–Crippen MR) is 123 cm³/mol. The Morgan fingerprint density at radius 2 is 2.03 bits per heavy atom. The van der Waals surface area contributed by atoms with Crippen molar-refractivity contribution in [2.45, 2.75) is 38.4 Å². The highest BCUT2D eigenvalue weighted by Crippen LogP contribution is 2.35. The lowest BCUT2D eigenvalue weighted by Gasteiger charge is -2.33. The zero-order chi connectivity index (χ0) is 24.5. The third kappa shape index (κ3) is 4.91. The van der Waals surface area contributed by atoms with Crippen LogP contribution in [0.1, 0.15) is 31.7 Å². The molecule has 4 heterocycles. The molecule has 0 bridgehead atoms. The number of aromatic nitrogens is 4. The zero-order valence-corrected chi connectivity index (χ0v) is 18.7. The Labute approximate surface area is 194 Å². The molecular weight excluding hydrogens is 449 g/mol. The van der Waals surface area contributed by atoms with Gasteiger partial charge in [0.2, 0.25) is 11.9 Å². The Hall–Kier alpha value is -3.41. The average Bonchev–Trinajstić information content (AvgIpc) is 3.25. The maximum Gasteiger partial charge on any atom is 0.417 e. The number of amides is 1. The van der Waals surface area contributed by atoms with Crippen LogP contribution in [0.15, 0.2) is 24.7 Å². The lowest BCUT2D eigenvalue weighted by Crippen LogP contribution is -2.47. The predicted octanol–water partition coefficient (Wildman–Crippen LogP) is 3.01. The van der Waals surface area contributed by atoms with E-state index in [9.17, 15) is 18.0 Å². The summed E-state index contributed by atoms with van der Waals surface area (Å²) in [5, 5.41) is 3.47. The first-order valence-electron chi connectivity index (χ1n) is 11.1. The minimum absolute atomic E-state index is 0.0117. The number of carbonyl (C=O) groups excluding carboxylic acids is 1. The lowest BCUT2D eigenvalue weighted by atomic mass is 9.96. The number of pyridine rings is 1. The van der Waals surface area contributed by atoms with Gasteiger partial charge in [-0.15, -0.1) is 0 Å². The molecule has 1 fully saturated rings. The van der Waals surface area contributed by atoms with Gasteiger partial charge in [0.1, 0.15) is 11.3 Å². The topological polar surface area (TPSA) is 139 Å². The fourth-order valence-corrected chi connectivity index (χ4v) is 4.05. The summed E-state index contributed by atoms with van der Waals surface area (Å²) in [6.45, 7) is 3.79. The first-order chi connectivity index (χ1) is 16.2. The van der Waals surface area contributed by atoms with Crippen LogP contribution < -0.4 is 16.8 Å². The smallest absolute Gasteiger partial charge is 0.396 e. The van der Waals surface area contributed by atoms with E-state index in [-0.39, 0.29) is 17.0 Å². The summed E-state index contributed by atoms with van der Waals surface area (Å²) < 4.78 is 39.5. The SMILES string of the molecule is CC[C@@H](N)C(=O)N1CCC(CNc2ncc(N)c(-c3c[nH]c4ncc(C(F)(F)F)cc34)n2)CC1. The quantitative estimate of drug-likeness (QED) is 0.429. The van der Waals surface area contributed by atoms with Crippen molar-refractivity contribution < 1.29 is 18.0 Å². The van der Waals surface area contributed by atoms with E-state index >= 15 is 0 Å². The van der Waals surface area contributed by atoms with Crippen molar-refractivity contribution in [3.8, 4) is 11.3 Å². The van der Waals surface area contributed by atoms with Gasteiger partial charge in [0.25, 0.3) is 0 Å². The summed E-state index contributed by atoms with van der Waals surface area (Å²) in [5.41, 5.74) is 12.3. The van der Waals surface area contributed by atoms with Crippen molar-refractivity contribution in [2.24, 2.45) is 11.7 Å². The van der Waals surface area contributed by atoms with E-state index in [1.54, 1.807) is 0 Å². The molecule has 3 aromatic heterocycles. The van der Waals surface area contributed by atoms with Gasteiger partial charge in [-0.05, 0) is 31.2 Å². The number of hydrogen-bond acceptors (Lipinski definition) is 7. The summed E-state index contributed by atoms with van der Waals surface area (Å²) in [5.74, 6) is 0.630. The molecule has 6 N–H and O–H groups in total. The van der Waals surface area contributed by atoms with Gasteiger partial charge in [0.15, 0.2) is 0 Å². The molecule has 182 valence electrons. The standard InChI is InChI=1S/C22H27F3N8O/c1-2-16(26)20(34)33-5-3-12(4-6-33)8-30-21-31-11-17(27)18(32-21)15-10-29-19-14(15)7-13(9-28-19)22(23,24)25/h7,9-12,16H,2-6,8,26-27H2,1H3,(H,28,29)(H,30,31,32)/t16-/m1/s1. The van der Waals surface area contributed by atoms with Gasteiger partial charge in [-0.25, -0.2) is 15.0 Å². The molecule has 9 nitrogen and oxygen atoms in total. The average molecular weight is 477 g/mol. The van der Waals surface area contributed by atoms with Crippen LogP contribution in [0.5, 0.6) is 0 Å². The monoisotopic (exact) mass is 476 g/mol. The van der Waals surface area contributed by atoms with Gasteiger partial charge in [-0.1, -0.05) is 6.92 Å². The number of nitrogens with two attached hydrogens (primary N) is 2. The highest BCUT2D eigenvalue weighted by molar-refractivity contribution is 5.95. The van der Waals surface area contributed by atoms with E-state index in [1.807, 2.05) is 11.8 Å². The second-order valence-corrected chi connectivity index (χ2v) is 8.48. The van der Waals surface area contributed by atoms with E-state index in [0.29, 0.717) is 54.8 Å². The van der Waals surface area contributed by atoms with Gasteiger partial charge in [-0.2, -0.15) is 13.2 Å². The molecule has 34 heavy (non-hydrogen) atoms. The van der Waals surface area contributed by atoms with Crippen LogP contribution >= 0.6 is 0 Å². The molecule has 1 amide bonds. The van der Waals surface area contributed by atoms with Crippen LogP contribution in [0.3, 0.4) is 0 Å². The second-order valence-electron chi connectivity index (χ2n) is 8.48. The van der Waals surface area contributed by atoms with Crippen LogP contribution in [-0.4, -0.2) is 56.4 Å². The molecule has 1 aliphatic rings. The molecule has 0 unspecified atom stereocenters. The fraction of sp³-hybridized carbons (Fsp3) is 0.455. The third-order valence-corrected chi connectivity index (χ3v) is 6.16. The van der Waals surface area contributed by atoms with Gasteiger partial charge in [0.05, 0.1) is 23.5 Å². The van der Waals surface area contributed by atoms with E-state index in [1.165, 1.54) is 12.4 Å². The Morgan fingerprint density at radius 3 is 2.71 bits per heavy atom. The van der Waals surface area contributed by atoms with Crippen molar-refractivity contribution >= 4 is 28.6 Å². The number of fused-ring (bicyclic) bond motifs is 1. The van der Waals surface area contributed by atoms with Crippen LogP contribution in [0.4, 0.5) is 24.8 Å². The largest absolute Gasteiger partial charge is 0.417 e. The highest BCUT2D eigenvalue weighted by Gasteiger charge is 2.32. The maximum absolute atomic E-state index is 13.2. The maximum atomic E-state index is 13.2. The number of hydrogen-bond donors (Lipinski definition) is 4. The highest BCUT2D eigenvalue weighted by atomic mass is 19.4. The summed E-state index contributed by atoms with van der Waals surface area (Å²) >= 11 is 0. The Bertz CT molecular complexity index is 1170. The molecule has 0 spiro atoms. The Kier molecular flexibility index (Phi) is 6.60. The second kappa shape index (κ2) is 9.45. The van der Waals surface area contributed by atoms with Crippen LogP contribution in [0.2, 0.25) is 0 Å². The molecule has 0 radical (unpaired) electrons. The minimum Gasteiger partial charge on any atom is -0.396 e. The van der Waals surface area contributed by atoms with E-state index < -0.39 is 17.8 Å². The molecule has 1 atom stereocenters. The van der Waals surface area contributed by atoms with E-state index in [0.717, 1.165) is 25.1 Å². The number of nitrogen functional groups attached to an aromatic ring is 1. The molecule has 0 aliphatic carbocycles. The number of piperidine rings is 1. The Balaban J connectivity index is 1.46. The van der Waals surface area contributed by atoms with Crippen molar-refractivity contribution in [3.05, 3.63) is 30.2 Å². The lowest BCUT2D eigenvalue weighted by molar-refractivity contribution is -0.137. The van der Waals surface area contributed by atoms with Crippen LogP contribution in [0, 0.1) is 5.92 Å². The minimum atomic E-state index is -4.51. The van der Waals surface area contributed by atoms with E-state index in [4.69, 9.17) is 11.5 Å². The molecular formula is C22H27F3N8O. The number of aromatic amines is 1. The molecule has 0 saturated carbocycles. The number of H-pyrrole nitrogens is 1. The van der Waals surface area contributed by atoms with Crippen LogP contribution in [0.25, 0.3) is 22.3 Å². The van der Waals surface area contributed by atoms with Crippen LogP contribution in [-0.2, 0) is 11.0 Å². The normalized spacial score (nSPS) is 16.1. The van der Waals surface area contributed by atoms with E-state index in [2.05, 4.69) is 25.3 Å². The molecule has 1 aliphatic heterocycles. The number of rotatable bonds is 6. The van der Waals surface area contributed by atoms with Gasteiger partial charge >= 0.3 is 6.18 Å². The molecule has 1 saturated heterocycles. The van der Waals surface area contributed by atoms with Crippen molar-refractivity contribution in [1.82, 2.24) is 24.8 Å². The number of nitrogens with zero attached hydrogens (tertiary/aromatic N) is 4. The number of nitrogens with one attached hydrogen (secondary N) is 2. The Morgan fingerprint density at radius 1 is 1.29 bits per heavy atom. The summed E-state index contributed by atoms with van der Waals surface area (Å²) in [6.07, 6.45) is 1.50. The third-order valence-electron chi connectivity index (χ3n) is 6.16. The first kappa shape index (κ1) is 23.7. The van der Waals surface area contributed by atoms with Crippen molar-refractivity contribution in [2.75, 3.05) is 30.7 Å². The number of halogens is 3. The summed E-state index contributed by atoms with van der Waals surface area (Å²) in [6, 6.07) is 0.575. The molecule has 12 heteroatoms. The number of likely N-dealkylation sites (tertiary alicyclic amines) is 1. The first-order valence-corrected chi connectivity index (χ1v) is 11.1. The fourth-order valence-electron chi connectivity index (χ4n) is 4.05.